The molecule has 1 aliphatic carbocycles. The number of hydrogen-bond acceptors (Lipinski definition) is 4. The number of sulfonamides is 1. The molecule has 0 heterocycles. The zero-order valence-corrected chi connectivity index (χ0v) is 15.3. The predicted octanol–water partition coefficient (Wildman–Crippen LogP) is 2.15. The molecule has 0 saturated heterocycles. The van der Waals surface area contributed by atoms with Crippen molar-refractivity contribution in [2.24, 2.45) is 5.92 Å². The molecule has 0 aromatic heterocycles. The predicted molar refractivity (Wildman–Crippen MR) is 99.2 cm³/mol. The zero-order valence-electron chi connectivity index (χ0n) is 13.7. The van der Waals surface area contributed by atoms with E-state index in [1.807, 2.05) is 6.07 Å². The van der Waals surface area contributed by atoms with Gasteiger partial charge in [-0.05, 0) is 72.2 Å². The Balaban J connectivity index is 1.67. The first kappa shape index (κ1) is 18.2. The van der Waals surface area contributed by atoms with Crippen LogP contribution in [0.4, 0.5) is 5.69 Å². The number of aliphatic hydroxyl groups excluding tert-OH is 1. The monoisotopic (exact) mass is 380 g/mol. The van der Waals surface area contributed by atoms with E-state index in [1.165, 1.54) is 12.1 Å². The molecule has 4 N–H and O–H groups in total. The third-order valence-electron chi connectivity index (χ3n) is 4.52. The highest BCUT2D eigenvalue weighted by atomic mass is 35.5. The van der Waals surface area contributed by atoms with Gasteiger partial charge in [-0.1, -0.05) is 17.7 Å². The second-order valence-electron chi connectivity index (χ2n) is 6.38. The average molecular weight is 381 g/mol. The number of rotatable bonds is 6. The summed E-state index contributed by atoms with van der Waals surface area (Å²) in [7, 11) is -3.55. The number of anilines is 1. The molecule has 1 aliphatic rings. The summed E-state index contributed by atoms with van der Waals surface area (Å²) >= 11 is 5.80. The molecule has 0 spiro atoms. The fourth-order valence-corrected chi connectivity index (χ4v) is 4.51. The van der Waals surface area contributed by atoms with Gasteiger partial charge in [0.25, 0.3) is 0 Å². The number of aliphatic hydroxyl groups is 1. The zero-order chi connectivity index (χ0) is 18.0. The molecule has 5 nitrogen and oxygen atoms in total. The number of nitrogens with one attached hydrogen (secondary N) is 1. The van der Waals surface area contributed by atoms with Crippen LogP contribution in [0.3, 0.4) is 0 Å². The van der Waals surface area contributed by atoms with Gasteiger partial charge in [0.15, 0.2) is 0 Å². The van der Waals surface area contributed by atoms with Crippen LogP contribution < -0.4 is 10.5 Å². The minimum atomic E-state index is -3.55. The number of nitrogens with two attached hydrogens (primary N) is 1. The molecular formula is C18H21ClN2O3S. The first-order valence-corrected chi connectivity index (χ1v) is 10.0. The van der Waals surface area contributed by atoms with Gasteiger partial charge in [0.05, 0.1) is 4.90 Å². The summed E-state index contributed by atoms with van der Waals surface area (Å²) in [6, 6.07) is 10.1. The topological polar surface area (TPSA) is 92.4 Å². The number of benzene rings is 2. The van der Waals surface area contributed by atoms with Crippen molar-refractivity contribution in [3.05, 3.63) is 58.1 Å². The summed E-state index contributed by atoms with van der Waals surface area (Å²) in [5.41, 5.74) is 10.1. The molecule has 7 heteroatoms. The fraction of sp³-hybridized carbons (Fsp3) is 0.333. The van der Waals surface area contributed by atoms with Gasteiger partial charge in [-0.2, -0.15) is 0 Å². The van der Waals surface area contributed by atoms with Crippen LogP contribution in [-0.2, 0) is 29.3 Å². The number of hydrogen-bond donors (Lipinski definition) is 3. The van der Waals surface area contributed by atoms with Crippen molar-refractivity contribution < 1.29 is 13.5 Å². The van der Waals surface area contributed by atoms with Crippen LogP contribution in [0.5, 0.6) is 0 Å². The van der Waals surface area contributed by atoms with E-state index in [0.717, 1.165) is 35.2 Å². The Bertz CT molecular complexity index is 867. The maximum atomic E-state index is 12.4. The normalized spacial score (nSPS) is 16.8. The second-order valence-corrected chi connectivity index (χ2v) is 8.58. The molecule has 2 aromatic rings. The van der Waals surface area contributed by atoms with E-state index in [-0.39, 0.29) is 17.4 Å². The SMILES string of the molecule is Nc1cc(CCO)cc2c1CC(CNS(=O)(=O)c1ccc(Cl)cc1)C2. The van der Waals surface area contributed by atoms with E-state index < -0.39 is 10.0 Å². The fourth-order valence-electron chi connectivity index (χ4n) is 3.27. The van der Waals surface area contributed by atoms with Gasteiger partial charge in [0.2, 0.25) is 10.0 Å². The standard InChI is InChI=1S/C18H21ClN2O3S/c19-15-1-3-16(4-2-15)25(23,24)21-11-13-8-14-7-12(5-6-22)10-18(20)17(14)9-13/h1-4,7,10,13,21-22H,5-6,8-9,11,20H2. The first-order valence-electron chi connectivity index (χ1n) is 8.15. The van der Waals surface area contributed by atoms with E-state index in [2.05, 4.69) is 10.8 Å². The summed E-state index contributed by atoms with van der Waals surface area (Å²) < 4.78 is 27.4. The van der Waals surface area contributed by atoms with Crippen molar-refractivity contribution in [2.45, 2.75) is 24.2 Å². The van der Waals surface area contributed by atoms with Crippen LogP contribution >= 0.6 is 11.6 Å². The highest BCUT2D eigenvalue weighted by molar-refractivity contribution is 7.89. The average Bonchev–Trinajstić information content (AvgIpc) is 2.98. The van der Waals surface area contributed by atoms with Crippen molar-refractivity contribution in [1.29, 1.82) is 0 Å². The second kappa shape index (κ2) is 7.33. The van der Waals surface area contributed by atoms with Gasteiger partial charge < -0.3 is 10.8 Å². The lowest BCUT2D eigenvalue weighted by atomic mass is 10.0. The van der Waals surface area contributed by atoms with Crippen molar-refractivity contribution in [2.75, 3.05) is 18.9 Å². The largest absolute Gasteiger partial charge is 0.398 e. The van der Waals surface area contributed by atoms with Gasteiger partial charge >= 0.3 is 0 Å². The maximum Gasteiger partial charge on any atom is 0.240 e. The van der Waals surface area contributed by atoms with Crippen molar-refractivity contribution in [3.63, 3.8) is 0 Å². The van der Waals surface area contributed by atoms with Crippen molar-refractivity contribution >= 4 is 27.3 Å². The van der Waals surface area contributed by atoms with Crippen LogP contribution in [0.1, 0.15) is 16.7 Å². The minimum Gasteiger partial charge on any atom is -0.398 e. The van der Waals surface area contributed by atoms with Crippen LogP contribution in [-0.4, -0.2) is 26.7 Å². The third kappa shape index (κ3) is 4.15. The summed E-state index contributed by atoms with van der Waals surface area (Å²) in [6.07, 6.45) is 2.11. The summed E-state index contributed by atoms with van der Waals surface area (Å²) in [6.45, 7) is 0.441. The maximum absolute atomic E-state index is 12.4. The molecule has 0 saturated carbocycles. The summed E-state index contributed by atoms with van der Waals surface area (Å²) in [4.78, 5) is 0.206. The molecule has 134 valence electrons. The Morgan fingerprint density at radius 1 is 1.20 bits per heavy atom. The van der Waals surface area contributed by atoms with Crippen LogP contribution in [0.2, 0.25) is 5.02 Å². The smallest absolute Gasteiger partial charge is 0.240 e. The van der Waals surface area contributed by atoms with Crippen molar-refractivity contribution in [1.82, 2.24) is 4.72 Å². The highest BCUT2D eigenvalue weighted by Crippen LogP contribution is 2.32. The number of halogens is 1. The molecule has 0 aliphatic heterocycles. The molecule has 0 amide bonds. The molecule has 0 fully saturated rings. The van der Waals surface area contributed by atoms with Crippen molar-refractivity contribution in [3.8, 4) is 0 Å². The molecule has 2 aromatic carbocycles. The molecular weight excluding hydrogens is 360 g/mol. The molecule has 0 bridgehead atoms. The molecule has 1 atom stereocenters. The Morgan fingerprint density at radius 3 is 2.60 bits per heavy atom. The Morgan fingerprint density at radius 2 is 1.92 bits per heavy atom. The minimum absolute atomic E-state index is 0.0859. The summed E-state index contributed by atoms with van der Waals surface area (Å²) in [5, 5.41) is 9.58. The Hall–Kier alpha value is -1.60. The van der Waals surface area contributed by atoms with E-state index in [9.17, 15) is 8.42 Å². The van der Waals surface area contributed by atoms with Gasteiger partial charge in [-0.25, -0.2) is 13.1 Å². The molecule has 25 heavy (non-hydrogen) atoms. The van der Waals surface area contributed by atoms with Gasteiger partial charge in [-0.15, -0.1) is 0 Å². The molecule has 1 unspecified atom stereocenters. The van der Waals surface area contributed by atoms with Crippen LogP contribution in [0, 0.1) is 5.92 Å². The lowest BCUT2D eigenvalue weighted by Gasteiger charge is -2.11. The van der Waals surface area contributed by atoms with E-state index in [4.69, 9.17) is 22.4 Å². The first-order chi connectivity index (χ1) is 11.9. The van der Waals surface area contributed by atoms with Gasteiger partial charge in [-0.3, -0.25) is 0 Å². The van der Waals surface area contributed by atoms with Crippen LogP contribution in [0.15, 0.2) is 41.3 Å². The molecule has 3 rings (SSSR count). The lowest BCUT2D eigenvalue weighted by molar-refractivity contribution is 0.299. The lowest BCUT2D eigenvalue weighted by Crippen LogP contribution is -2.29. The summed E-state index contributed by atoms with van der Waals surface area (Å²) in [5.74, 6) is 0.170. The number of nitrogen functional groups attached to an aromatic ring is 1. The Kier molecular flexibility index (Phi) is 5.34. The highest BCUT2D eigenvalue weighted by Gasteiger charge is 2.25. The number of fused-ring (bicyclic) bond motifs is 1. The van der Waals surface area contributed by atoms with E-state index in [1.54, 1.807) is 12.1 Å². The van der Waals surface area contributed by atoms with E-state index in [0.29, 0.717) is 18.0 Å². The molecule has 0 radical (unpaired) electrons. The third-order valence-corrected chi connectivity index (χ3v) is 6.22. The van der Waals surface area contributed by atoms with E-state index >= 15 is 0 Å². The quantitative estimate of drug-likeness (QED) is 0.669. The van der Waals surface area contributed by atoms with Gasteiger partial charge in [0, 0.05) is 23.9 Å². The van der Waals surface area contributed by atoms with Crippen LogP contribution in [0.25, 0.3) is 0 Å². The Labute approximate surface area is 152 Å². The van der Waals surface area contributed by atoms with Gasteiger partial charge in [0.1, 0.15) is 0 Å².